The van der Waals surface area contributed by atoms with Gasteiger partial charge in [-0.05, 0) is 33.1 Å². The van der Waals surface area contributed by atoms with Crippen molar-refractivity contribution in [1.82, 2.24) is 9.78 Å². The number of nitrogens with zero attached hydrogens (tertiary/aromatic N) is 1. The van der Waals surface area contributed by atoms with E-state index in [2.05, 4.69) is 25.9 Å². The van der Waals surface area contributed by atoms with Crippen LogP contribution in [0.1, 0.15) is 58.7 Å². The highest BCUT2D eigenvalue weighted by molar-refractivity contribution is 5.21. The van der Waals surface area contributed by atoms with E-state index in [9.17, 15) is 4.79 Å². The summed E-state index contributed by atoms with van der Waals surface area (Å²) in [4.78, 5) is 12.2. The van der Waals surface area contributed by atoms with Gasteiger partial charge in [-0.3, -0.25) is 9.89 Å². The summed E-state index contributed by atoms with van der Waals surface area (Å²) in [6.07, 6.45) is 0.881. The van der Waals surface area contributed by atoms with Crippen molar-refractivity contribution in [1.29, 1.82) is 0 Å². The molecule has 0 unspecified atom stereocenters. The van der Waals surface area contributed by atoms with Crippen molar-refractivity contribution < 1.29 is 0 Å². The summed E-state index contributed by atoms with van der Waals surface area (Å²) >= 11 is 0. The predicted octanol–water partition coefficient (Wildman–Crippen LogP) is 2.62. The predicted molar refractivity (Wildman–Crippen MR) is 63.5 cm³/mol. The first kappa shape index (κ1) is 12.1. The van der Waals surface area contributed by atoms with Gasteiger partial charge in [0.15, 0.2) is 0 Å². The van der Waals surface area contributed by atoms with Crippen molar-refractivity contribution in [3.05, 3.63) is 21.6 Å². The van der Waals surface area contributed by atoms with Crippen LogP contribution in [0.5, 0.6) is 0 Å². The first-order valence-corrected chi connectivity index (χ1v) is 5.63. The van der Waals surface area contributed by atoms with Gasteiger partial charge in [-0.2, -0.15) is 0 Å². The maximum absolute atomic E-state index is 12.2. The first-order valence-electron chi connectivity index (χ1n) is 5.63. The summed E-state index contributed by atoms with van der Waals surface area (Å²) in [5.74, 6) is 0.285. The molecule has 1 rings (SSSR count). The van der Waals surface area contributed by atoms with Crippen LogP contribution >= 0.6 is 0 Å². The van der Waals surface area contributed by atoms with E-state index in [-0.39, 0.29) is 17.0 Å². The van der Waals surface area contributed by atoms with Crippen molar-refractivity contribution in [3.8, 4) is 0 Å². The monoisotopic (exact) mass is 210 g/mol. The molecule has 0 bridgehead atoms. The highest BCUT2D eigenvalue weighted by Crippen LogP contribution is 2.18. The number of hydrogen-bond acceptors (Lipinski definition) is 1. The van der Waals surface area contributed by atoms with E-state index < -0.39 is 0 Å². The first-order chi connectivity index (χ1) is 6.79. The number of nitrogens with one attached hydrogen (secondary N) is 1. The minimum atomic E-state index is -0.172. The molecule has 0 aliphatic heterocycles. The lowest BCUT2D eigenvalue weighted by Gasteiger charge is -2.19. The Morgan fingerprint density at radius 3 is 2.13 bits per heavy atom. The molecule has 1 aromatic rings. The van der Waals surface area contributed by atoms with Crippen LogP contribution in [0.15, 0.2) is 4.79 Å². The SMILES string of the molecule is CCc1[nH]n(C(C)(C)C)c(=O)c1C(C)C. The second-order valence-corrected chi connectivity index (χ2v) is 5.32. The number of aromatic amines is 1. The van der Waals surface area contributed by atoms with Gasteiger partial charge in [0.05, 0.1) is 5.54 Å². The van der Waals surface area contributed by atoms with E-state index in [1.807, 2.05) is 20.8 Å². The van der Waals surface area contributed by atoms with Crippen LogP contribution in [0, 0.1) is 0 Å². The van der Waals surface area contributed by atoms with Gasteiger partial charge in [-0.15, -0.1) is 0 Å². The number of aromatic nitrogens is 2. The molecule has 0 saturated heterocycles. The zero-order valence-electron chi connectivity index (χ0n) is 10.6. The van der Waals surface area contributed by atoms with Gasteiger partial charge >= 0.3 is 0 Å². The lowest BCUT2D eigenvalue weighted by atomic mass is 10.0. The standard InChI is InChI=1S/C12H22N2O/c1-7-9-10(8(2)3)11(15)14(13-9)12(4,5)6/h8,13H,7H2,1-6H3. The zero-order chi connectivity index (χ0) is 11.8. The lowest BCUT2D eigenvalue weighted by molar-refractivity contribution is 0.343. The van der Waals surface area contributed by atoms with Gasteiger partial charge < -0.3 is 0 Å². The highest BCUT2D eigenvalue weighted by atomic mass is 16.1. The molecular formula is C12H22N2O. The van der Waals surface area contributed by atoms with Gasteiger partial charge in [0.1, 0.15) is 0 Å². The largest absolute Gasteiger partial charge is 0.299 e. The smallest absolute Gasteiger partial charge is 0.270 e. The maximum atomic E-state index is 12.2. The third-order valence-electron chi connectivity index (χ3n) is 2.61. The molecule has 3 heteroatoms. The molecule has 0 fully saturated rings. The normalized spacial score (nSPS) is 12.5. The average molecular weight is 210 g/mol. The molecule has 0 aromatic carbocycles. The van der Waals surface area contributed by atoms with E-state index in [0.717, 1.165) is 17.7 Å². The van der Waals surface area contributed by atoms with Crippen LogP contribution < -0.4 is 5.56 Å². The minimum Gasteiger partial charge on any atom is -0.299 e. The molecule has 15 heavy (non-hydrogen) atoms. The van der Waals surface area contributed by atoms with Crippen molar-refractivity contribution in [2.45, 2.75) is 59.4 Å². The average Bonchev–Trinajstić information content (AvgIpc) is 2.41. The van der Waals surface area contributed by atoms with Crippen LogP contribution in [-0.2, 0) is 12.0 Å². The fraction of sp³-hybridized carbons (Fsp3) is 0.750. The molecule has 0 amide bonds. The van der Waals surface area contributed by atoms with Crippen molar-refractivity contribution >= 4 is 0 Å². The van der Waals surface area contributed by atoms with Crippen LogP contribution in [0.3, 0.4) is 0 Å². The van der Waals surface area contributed by atoms with E-state index >= 15 is 0 Å². The Hall–Kier alpha value is -0.990. The molecule has 0 aliphatic rings. The van der Waals surface area contributed by atoms with E-state index in [0.29, 0.717) is 0 Å². The molecule has 3 nitrogen and oxygen atoms in total. The summed E-state index contributed by atoms with van der Waals surface area (Å²) in [7, 11) is 0. The van der Waals surface area contributed by atoms with Crippen LogP contribution in [0.25, 0.3) is 0 Å². The fourth-order valence-electron chi connectivity index (χ4n) is 1.83. The summed E-state index contributed by atoms with van der Waals surface area (Å²) in [6.45, 7) is 12.3. The molecule has 0 saturated carbocycles. The number of H-pyrrole nitrogens is 1. The fourth-order valence-corrected chi connectivity index (χ4v) is 1.83. The molecular weight excluding hydrogens is 188 g/mol. The molecule has 0 aliphatic carbocycles. The second-order valence-electron chi connectivity index (χ2n) is 5.32. The Labute approximate surface area is 91.5 Å². The van der Waals surface area contributed by atoms with E-state index in [1.54, 1.807) is 4.68 Å². The molecule has 1 aromatic heterocycles. The Morgan fingerprint density at radius 1 is 1.33 bits per heavy atom. The van der Waals surface area contributed by atoms with E-state index in [4.69, 9.17) is 0 Å². The van der Waals surface area contributed by atoms with Crippen molar-refractivity contribution in [2.75, 3.05) is 0 Å². The van der Waals surface area contributed by atoms with Crippen LogP contribution in [0.4, 0.5) is 0 Å². The molecule has 0 radical (unpaired) electrons. The zero-order valence-corrected chi connectivity index (χ0v) is 10.6. The van der Waals surface area contributed by atoms with E-state index in [1.165, 1.54) is 0 Å². The summed E-state index contributed by atoms with van der Waals surface area (Å²) in [6, 6.07) is 0. The molecule has 1 heterocycles. The summed E-state index contributed by atoms with van der Waals surface area (Å²) < 4.78 is 1.74. The third-order valence-corrected chi connectivity index (χ3v) is 2.61. The van der Waals surface area contributed by atoms with Gasteiger partial charge in [0.2, 0.25) is 0 Å². The molecule has 0 atom stereocenters. The minimum absolute atomic E-state index is 0.134. The second kappa shape index (κ2) is 3.87. The molecule has 1 N–H and O–H groups in total. The van der Waals surface area contributed by atoms with Crippen LogP contribution in [0.2, 0.25) is 0 Å². The third kappa shape index (κ3) is 2.16. The topological polar surface area (TPSA) is 37.8 Å². The lowest BCUT2D eigenvalue weighted by Crippen LogP contribution is -2.33. The Bertz CT molecular complexity index is 391. The number of hydrogen-bond donors (Lipinski definition) is 1. The summed E-state index contributed by atoms with van der Waals surface area (Å²) in [5, 5.41) is 3.23. The summed E-state index contributed by atoms with van der Waals surface area (Å²) in [5.41, 5.74) is 1.97. The van der Waals surface area contributed by atoms with Gasteiger partial charge in [0.25, 0.3) is 5.56 Å². The highest BCUT2D eigenvalue weighted by Gasteiger charge is 2.22. The van der Waals surface area contributed by atoms with Crippen LogP contribution in [-0.4, -0.2) is 9.78 Å². The maximum Gasteiger partial charge on any atom is 0.270 e. The quantitative estimate of drug-likeness (QED) is 0.800. The molecule has 0 spiro atoms. The Balaban J connectivity index is 3.42. The van der Waals surface area contributed by atoms with Gasteiger partial charge in [0, 0.05) is 11.3 Å². The Morgan fingerprint density at radius 2 is 1.87 bits per heavy atom. The Kier molecular flexibility index (Phi) is 3.12. The van der Waals surface area contributed by atoms with Crippen molar-refractivity contribution in [3.63, 3.8) is 0 Å². The van der Waals surface area contributed by atoms with Gasteiger partial charge in [-0.25, -0.2) is 4.68 Å². The number of aryl methyl sites for hydroxylation is 1. The number of rotatable bonds is 2. The van der Waals surface area contributed by atoms with Crippen molar-refractivity contribution in [2.24, 2.45) is 0 Å². The van der Waals surface area contributed by atoms with Gasteiger partial charge in [-0.1, -0.05) is 20.8 Å². The molecule has 86 valence electrons.